The molecule has 0 amide bonds. The van der Waals surface area contributed by atoms with Crippen molar-refractivity contribution in [3.8, 4) is 0 Å². The Balaban J connectivity index is 0. The molecule has 0 saturated heterocycles. The zero-order valence-corrected chi connectivity index (χ0v) is 6.97. The van der Waals surface area contributed by atoms with Gasteiger partial charge in [-0.25, -0.2) is 0 Å². The van der Waals surface area contributed by atoms with Gasteiger partial charge in [0.25, 0.3) is 0 Å². The number of rotatable bonds is 1. The Morgan fingerprint density at radius 3 is 1.75 bits per heavy atom. The molecule has 0 N–H and O–H groups in total. The standard InChI is InChI=1S/C3H6Cl2.C2H3Cl/c1-2-3(4)5;1-2-3/h3H,2H2,1H3;2H,1H2. The lowest BCUT2D eigenvalue weighted by Crippen LogP contribution is -1.75. The number of hydrogen-bond acceptors (Lipinski definition) is 0. The first-order valence-electron chi connectivity index (χ1n) is 2.18. The second-order valence-electron chi connectivity index (χ2n) is 0.954. The summed E-state index contributed by atoms with van der Waals surface area (Å²) in [6.07, 6.45) is 0.836. The topological polar surface area (TPSA) is 0 Å². The minimum absolute atomic E-state index is 0.171. The van der Waals surface area contributed by atoms with E-state index in [2.05, 4.69) is 6.58 Å². The second-order valence-corrected chi connectivity index (χ2v) is 2.54. The number of alkyl halides is 2. The van der Waals surface area contributed by atoms with Crippen LogP contribution in [0.1, 0.15) is 13.3 Å². The van der Waals surface area contributed by atoms with Gasteiger partial charge in [0.1, 0.15) is 4.84 Å². The molecule has 0 radical (unpaired) electrons. The van der Waals surface area contributed by atoms with Crippen LogP contribution in [0.3, 0.4) is 0 Å². The largest absolute Gasteiger partial charge is 0.107 e. The van der Waals surface area contributed by atoms with Crippen LogP contribution in [-0.2, 0) is 0 Å². The van der Waals surface area contributed by atoms with Gasteiger partial charge in [0.2, 0.25) is 0 Å². The summed E-state index contributed by atoms with van der Waals surface area (Å²) in [5, 5.41) is 0. The Morgan fingerprint density at radius 2 is 1.75 bits per heavy atom. The molecule has 0 atom stereocenters. The van der Waals surface area contributed by atoms with Gasteiger partial charge in [0.05, 0.1) is 0 Å². The fourth-order valence-electron chi connectivity index (χ4n) is 0. The Bertz CT molecular complexity index is 42.9. The van der Waals surface area contributed by atoms with Gasteiger partial charge in [-0.05, 0) is 12.0 Å². The van der Waals surface area contributed by atoms with Crippen LogP contribution in [-0.4, -0.2) is 4.84 Å². The molecule has 0 aliphatic rings. The average molecular weight is 175 g/mol. The zero-order chi connectivity index (χ0) is 6.99. The Morgan fingerprint density at radius 1 is 1.62 bits per heavy atom. The minimum atomic E-state index is -0.171. The lowest BCUT2D eigenvalue weighted by atomic mass is 10.6. The molecule has 0 heterocycles. The van der Waals surface area contributed by atoms with Gasteiger partial charge in [-0.1, -0.05) is 25.1 Å². The molecule has 0 fully saturated rings. The second kappa shape index (κ2) is 10.6. The fourth-order valence-corrected chi connectivity index (χ4v) is 0. The highest BCUT2D eigenvalue weighted by Gasteiger charge is 1.86. The lowest BCUT2D eigenvalue weighted by molar-refractivity contribution is 1.04. The highest BCUT2D eigenvalue weighted by atomic mass is 35.5. The van der Waals surface area contributed by atoms with E-state index < -0.39 is 0 Å². The van der Waals surface area contributed by atoms with Crippen molar-refractivity contribution in [2.75, 3.05) is 0 Å². The van der Waals surface area contributed by atoms with E-state index >= 15 is 0 Å². The molecule has 0 unspecified atom stereocenters. The van der Waals surface area contributed by atoms with E-state index in [0.717, 1.165) is 6.42 Å². The monoisotopic (exact) mass is 174 g/mol. The first-order valence-corrected chi connectivity index (χ1v) is 3.49. The first kappa shape index (κ1) is 11.4. The summed E-state index contributed by atoms with van der Waals surface area (Å²) in [4.78, 5) is -0.171. The van der Waals surface area contributed by atoms with E-state index in [4.69, 9.17) is 34.8 Å². The van der Waals surface area contributed by atoms with Crippen LogP contribution in [0.25, 0.3) is 0 Å². The quantitative estimate of drug-likeness (QED) is 0.535. The Hall–Kier alpha value is 0.610. The van der Waals surface area contributed by atoms with Crippen molar-refractivity contribution in [1.29, 1.82) is 0 Å². The van der Waals surface area contributed by atoms with Crippen LogP contribution >= 0.6 is 34.8 Å². The summed E-state index contributed by atoms with van der Waals surface area (Å²) in [7, 11) is 0. The molecule has 0 saturated carbocycles. The number of hydrogen-bond donors (Lipinski definition) is 0. The molecule has 0 nitrogen and oxygen atoms in total. The molecule has 0 aliphatic heterocycles. The average Bonchev–Trinajstić information content (AvgIpc) is 1.69. The van der Waals surface area contributed by atoms with Crippen molar-refractivity contribution in [2.24, 2.45) is 0 Å². The fraction of sp³-hybridized carbons (Fsp3) is 0.600. The molecular weight excluding hydrogens is 166 g/mol. The predicted molar refractivity (Wildman–Crippen MR) is 41.8 cm³/mol. The normalized spacial score (nSPS) is 7.62. The van der Waals surface area contributed by atoms with E-state index in [0.29, 0.717) is 0 Å². The first-order chi connectivity index (χ1) is 3.68. The molecule has 0 aromatic heterocycles. The third-order valence-corrected chi connectivity index (χ3v) is 0.926. The summed E-state index contributed by atoms with van der Waals surface area (Å²) in [5.41, 5.74) is 1.22. The summed E-state index contributed by atoms with van der Waals surface area (Å²) >= 11 is 15.2. The third kappa shape index (κ3) is 30.5. The zero-order valence-electron chi connectivity index (χ0n) is 4.70. The van der Waals surface area contributed by atoms with E-state index in [9.17, 15) is 0 Å². The maximum Gasteiger partial charge on any atom is 0.107 e. The molecule has 8 heavy (non-hydrogen) atoms. The summed E-state index contributed by atoms with van der Waals surface area (Å²) in [6.45, 7) is 5.06. The van der Waals surface area contributed by atoms with E-state index in [1.807, 2.05) is 6.92 Å². The van der Waals surface area contributed by atoms with Gasteiger partial charge in [-0.3, -0.25) is 0 Å². The Kier molecular flexibility index (Phi) is 15.1. The molecule has 0 aromatic rings. The van der Waals surface area contributed by atoms with Crippen LogP contribution in [0, 0.1) is 0 Å². The van der Waals surface area contributed by atoms with Crippen molar-refractivity contribution in [3.05, 3.63) is 12.1 Å². The van der Waals surface area contributed by atoms with Crippen LogP contribution in [0.2, 0.25) is 0 Å². The van der Waals surface area contributed by atoms with E-state index in [1.54, 1.807) is 0 Å². The van der Waals surface area contributed by atoms with Crippen molar-refractivity contribution in [2.45, 2.75) is 18.2 Å². The van der Waals surface area contributed by atoms with Crippen LogP contribution in [0.5, 0.6) is 0 Å². The van der Waals surface area contributed by atoms with Gasteiger partial charge in [0.15, 0.2) is 0 Å². The smallest absolute Gasteiger partial charge is 0.105 e. The summed E-state index contributed by atoms with van der Waals surface area (Å²) < 4.78 is 0. The lowest BCUT2D eigenvalue weighted by Gasteiger charge is -1.84. The highest BCUT2D eigenvalue weighted by molar-refractivity contribution is 6.44. The van der Waals surface area contributed by atoms with Crippen LogP contribution in [0.4, 0.5) is 0 Å². The van der Waals surface area contributed by atoms with Crippen molar-refractivity contribution in [3.63, 3.8) is 0 Å². The van der Waals surface area contributed by atoms with Crippen molar-refractivity contribution >= 4 is 34.8 Å². The molecule has 0 aliphatic carbocycles. The van der Waals surface area contributed by atoms with E-state index in [-0.39, 0.29) is 4.84 Å². The summed E-state index contributed by atoms with van der Waals surface area (Å²) in [5.74, 6) is 0. The van der Waals surface area contributed by atoms with Gasteiger partial charge in [0, 0.05) is 0 Å². The van der Waals surface area contributed by atoms with E-state index in [1.165, 1.54) is 5.54 Å². The molecule has 0 aromatic carbocycles. The summed E-state index contributed by atoms with van der Waals surface area (Å²) in [6, 6.07) is 0. The maximum atomic E-state index is 5.23. The molecule has 0 rings (SSSR count). The number of halogens is 3. The van der Waals surface area contributed by atoms with Gasteiger partial charge >= 0.3 is 0 Å². The third-order valence-electron chi connectivity index (χ3n) is 0.309. The molecule has 0 bridgehead atoms. The van der Waals surface area contributed by atoms with Gasteiger partial charge in [-0.2, -0.15) is 0 Å². The molecule has 3 heteroatoms. The predicted octanol–water partition coefficient (Wildman–Crippen LogP) is 3.57. The molecular formula is C5H9Cl3. The SMILES string of the molecule is C=CCl.CCC(Cl)Cl. The van der Waals surface area contributed by atoms with Gasteiger partial charge in [-0.15, -0.1) is 23.2 Å². The highest BCUT2D eigenvalue weighted by Crippen LogP contribution is 2.03. The maximum absolute atomic E-state index is 5.23. The molecule has 0 spiro atoms. The van der Waals surface area contributed by atoms with Crippen LogP contribution < -0.4 is 0 Å². The van der Waals surface area contributed by atoms with Crippen molar-refractivity contribution in [1.82, 2.24) is 0 Å². The van der Waals surface area contributed by atoms with Crippen LogP contribution in [0.15, 0.2) is 12.1 Å². The Labute approximate surface area is 65.4 Å². The minimum Gasteiger partial charge on any atom is -0.105 e. The van der Waals surface area contributed by atoms with Crippen molar-refractivity contribution < 1.29 is 0 Å². The molecule has 50 valence electrons. The van der Waals surface area contributed by atoms with Gasteiger partial charge < -0.3 is 0 Å².